The summed E-state index contributed by atoms with van der Waals surface area (Å²) in [5, 5.41) is 0. The lowest BCUT2D eigenvalue weighted by molar-refractivity contribution is 0.0803. The van der Waals surface area contributed by atoms with Crippen LogP contribution in [-0.2, 0) is 0 Å². The second kappa shape index (κ2) is 6.12. The van der Waals surface area contributed by atoms with Gasteiger partial charge in [0.05, 0.1) is 0 Å². The monoisotopic (exact) mass is 230 g/mol. The Kier molecular flexibility index (Phi) is 5.44. The molecule has 1 saturated heterocycles. The molecular weight excluding hydrogens is 204 g/mol. The summed E-state index contributed by atoms with van der Waals surface area (Å²) in [6, 6.07) is 0.701. The number of likely N-dealkylation sites (N-methyl/N-ethyl adjacent to an activating group) is 1. The molecule has 1 aliphatic rings. The largest absolute Gasteiger partial charge is 0.329 e. The second-order valence-electron chi connectivity index (χ2n) is 4.67. The first kappa shape index (κ1) is 13.3. The van der Waals surface area contributed by atoms with Crippen molar-refractivity contribution in [1.29, 1.82) is 0 Å². The fraction of sp³-hybridized carbons (Fsp3) is 1.00. The van der Waals surface area contributed by atoms with E-state index >= 15 is 0 Å². The molecule has 1 fully saturated rings. The molecule has 0 aliphatic carbocycles. The summed E-state index contributed by atoms with van der Waals surface area (Å²) in [5.41, 5.74) is 6.31. The molecule has 15 heavy (non-hydrogen) atoms. The lowest BCUT2D eigenvalue weighted by atomic mass is 9.91. The molecule has 1 unspecified atom stereocenters. The number of thioether (sulfide) groups is 1. The second-order valence-corrected chi connectivity index (χ2v) is 5.77. The fourth-order valence-corrected chi connectivity index (χ4v) is 3.98. The van der Waals surface area contributed by atoms with Crippen LogP contribution < -0.4 is 5.73 Å². The molecule has 0 amide bonds. The molecule has 90 valence electrons. The lowest BCUT2D eigenvalue weighted by Crippen LogP contribution is -2.58. The van der Waals surface area contributed by atoms with Crippen molar-refractivity contribution >= 4 is 11.8 Å². The van der Waals surface area contributed by atoms with Gasteiger partial charge in [-0.1, -0.05) is 13.8 Å². The van der Waals surface area contributed by atoms with Crippen LogP contribution in [0.1, 0.15) is 39.5 Å². The molecule has 0 aromatic heterocycles. The maximum Gasteiger partial charge on any atom is 0.0422 e. The molecule has 0 bridgehead atoms. The van der Waals surface area contributed by atoms with Gasteiger partial charge < -0.3 is 5.73 Å². The van der Waals surface area contributed by atoms with E-state index < -0.39 is 0 Å². The molecule has 0 radical (unpaired) electrons. The van der Waals surface area contributed by atoms with Gasteiger partial charge in [0.1, 0.15) is 0 Å². The number of hydrogen-bond acceptors (Lipinski definition) is 3. The van der Waals surface area contributed by atoms with Gasteiger partial charge in [0.2, 0.25) is 0 Å². The quantitative estimate of drug-likeness (QED) is 0.786. The molecule has 2 nitrogen and oxygen atoms in total. The van der Waals surface area contributed by atoms with Gasteiger partial charge in [-0.05, 0) is 38.5 Å². The van der Waals surface area contributed by atoms with E-state index in [0.717, 1.165) is 6.54 Å². The summed E-state index contributed by atoms with van der Waals surface area (Å²) in [5.74, 6) is 2.54. The van der Waals surface area contributed by atoms with Gasteiger partial charge >= 0.3 is 0 Å². The Morgan fingerprint density at radius 1 is 1.40 bits per heavy atom. The highest BCUT2D eigenvalue weighted by Gasteiger charge is 2.37. The van der Waals surface area contributed by atoms with Crippen LogP contribution in [0.25, 0.3) is 0 Å². The predicted molar refractivity (Wildman–Crippen MR) is 70.5 cm³/mol. The Hall–Kier alpha value is 0.270. The maximum atomic E-state index is 6.03. The third-order valence-electron chi connectivity index (χ3n) is 3.92. The van der Waals surface area contributed by atoms with Crippen molar-refractivity contribution < 1.29 is 0 Å². The highest BCUT2D eigenvalue weighted by Crippen LogP contribution is 2.32. The van der Waals surface area contributed by atoms with Gasteiger partial charge in [0, 0.05) is 23.9 Å². The Bertz CT molecular complexity index is 174. The zero-order chi connectivity index (χ0) is 11.3. The van der Waals surface area contributed by atoms with Gasteiger partial charge in [-0.2, -0.15) is 11.8 Å². The van der Waals surface area contributed by atoms with Gasteiger partial charge in [-0.15, -0.1) is 0 Å². The van der Waals surface area contributed by atoms with Gasteiger partial charge in [0.15, 0.2) is 0 Å². The molecule has 1 heterocycles. The molecule has 0 saturated carbocycles. The van der Waals surface area contributed by atoms with E-state index in [9.17, 15) is 0 Å². The maximum absolute atomic E-state index is 6.03. The Morgan fingerprint density at radius 2 is 2.07 bits per heavy atom. The zero-order valence-corrected chi connectivity index (χ0v) is 11.3. The van der Waals surface area contributed by atoms with E-state index in [1.807, 2.05) is 0 Å². The predicted octanol–water partition coefficient (Wildman–Crippen LogP) is 2.33. The minimum absolute atomic E-state index is 0.277. The molecule has 2 N–H and O–H groups in total. The summed E-state index contributed by atoms with van der Waals surface area (Å²) >= 11 is 2.07. The van der Waals surface area contributed by atoms with Crippen molar-refractivity contribution in [3.8, 4) is 0 Å². The summed E-state index contributed by atoms with van der Waals surface area (Å²) in [7, 11) is 2.27. The standard InChI is InChI=1S/C12H26N2S/c1-4-11(5-2)14(3)12(9-13)7-6-8-15-10-12/h11H,4-10,13H2,1-3H3. The Labute approximate surface area is 99.0 Å². The van der Waals surface area contributed by atoms with Crippen LogP contribution in [0.3, 0.4) is 0 Å². The van der Waals surface area contributed by atoms with E-state index in [2.05, 4.69) is 37.6 Å². The molecule has 0 spiro atoms. The molecule has 0 aromatic rings. The van der Waals surface area contributed by atoms with Gasteiger partial charge in [-0.3, -0.25) is 4.90 Å². The Morgan fingerprint density at radius 3 is 2.47 bits per heavy atom. The molecule has 1 atom stereocenters. The SMILES string of the molecule is CCC(CC)N(C)C1(CN)CCCSC1. The van der Waals surface area contributed by atoms with Crippen molar-refractivity contribution in [2.75, 3.05) is 25.1 Å². The topological polar surface area (TPSA) is 29.3 Å². The van der Waals surface area contributed by atoms with Crippen LogP contribution >= 0.6 is 11.8 Å². The molecule has 1 rings (SSSR count). The van der Waals surface area contributed by atoms with E-state index in [0.29, 0.717) is 6.04 Å². The van der Waals surface area contributed by atoms with Crippen molar-refractivity contribution in [2.24, 2.45) is 5.73 Å². The first-order valence-electron chi connectivity index (χ1n) is 6.21. The van der Waals surface area contributed by atoms with Gasteiger partial charge in [-0.25, -0.2) is 0 Å². The van der Waals surface area contributed by atoms with Crippen LogP contribution in [0.5, 0.6) is 0 Å². The third kappa shape index (κ3) is 2.89. The average Bonchev–Trinajstić information content (AvgIpc) is 2.31. The number of nitrogens with zero attached hydrogens (tertiary/aromatic N) is 1. The third-order valence-corrected chi connectivity index (χ3v) is 5.24. The van der Waals surface area contributed by atoms with E-state index in [1.165, 1.54) is 37.2 Å². The Balaban J connectivity index is 2.70. The van der Waals surface area contributed by atoms with Crippen molar-refractivity contribution in [3.63, 3.8) is 0 Å². The minimum atomic E-state index is 0.277. The highest BCUT2D eigenvalue weighted by atomic mass is 32.2. The summed E-state index contributed by atoms with van der Waals surface area (Å²) in [4.78, 5) is 2.57. The van der Waals surface area contributed by atoms with Crippen molar-refractivity contribution in [2.45, 2.75) is 51.1 Å². The zero-order valence-electron chi connectivity index (χ0n) is 10.5. The van der Waals surface area contributed by atoms with E-state index in [1.54, 1.807) is 0 Å². The van der Waals surface area contributed by atoms with E-state index in [4.69, 9.17) is 5.73 Å². The van der Waals surface area contributed by atoms with Crippen molar-refractivity contribution in [3.05, 3.63) is 0 Å². The normalized spacial score (nSPS) is 27.6. The average molecular weight is 230 g/mol. The lowest BCUT2D eigenvalue weighted by Gasteiger charge is -2.47. The van der Waals surface area contributed by atoms with Crippen molar-refractivity contribution in [1.82, 2.24) is 4.90 Å². The van der Waals surface area contributed by atoms with Crippen LogP contribution in [0.4, 0.5) is 0 Å². The van der Waals surface area contributed by atoms with Crippen LogP contribution in [0.2, 0.25) is 0 Å². The first-order valence-corrected chi connectivity index (χ1v) is 7.36. The van der Waals surface area contributed by atoms with Crippen LogP contribution in [0, 0.1) is 0 Å². The smallest absolute Gasteiger partial charge is 0.0422 e. The molecule has 0 aromatic carbocycles. The van der Waals surface area contributed by atoms with Gasteiger partial charge in [0.25, 0.3) is 0 Å². The molecule has 1 aliphatic heterocycles. The number of nitrogens with two attached hydrogens (primary N) is 1. The minimum Gasteiger partial charge on any atom is -0.329 e. The summed E-state index contributed by atoms with van der Waals surface area (Å²) < 4.78 is 0. The highest BCUT2D eigenvalue weighted by molar-refractivity contribution is 7.99. The first-order chi connectivity index (χ1) is 7.20. The summed E-state index contributed by atoms with van der Waals surface area (Å²) in [6.45, 7) is 5.38. The fourth-order valence-electron chi connectivity index (χ4n) is 2.64. The summed E-state index contributed by atoms with van der Waals surface area (Å²) in [6.07, 6.45) is 5.08. The molecular formula is C12H26N2S. The number of hydrogen-bond donors (Lipinski definition) is 1. The van der Waals surface area contributed by atoms with Crippen LogP contribution in [-0.4, -0.2) is 41.6 Å². The van der Waals surface area contributed by atoms with Crippen LogP contribution in [0.15, 0.2) is 0 Å². The number of rotatable bonds is 5. The van der Waals surface area contributed by atoms with E-state index in [-0.39, 0.29) is 5.54 Å². The molecule has 3 heteroatoms.